The van der Waals surface area contributed by atoms with E-state index in [1.165, 1.54) is 12.8 Å². The molecule has 0 bridgehead atoms. The third kappa shape index (κ3) is 2.88. The van der Waals surface area contributed by atoms with Gasteiger partial charge in [-0.2, -0.15) is 5.10 Å². The minimum atomic E-state index is -0.0867. The van der Waals surface area contributed by atoms with Gasteiger partial charge in [0, 0.05) is 24.3 Å². The maximum atomic E-state index is 12.0. The fourth-order valence-corrected chi connectivity index (χ4v) is 2.22. The zero-order valence-electron chi connectivity index (χ0n) is 11.2. The molecule has 1 fully saturated rings. The molecule has 0 unspecified atom stereocenters. The van der Waals surface area contributed by atoms with E-state index in [-0.39, 0.29) is 12.5 Å². The highest BCUT2D eigenvalue weighted by Gasteiger charge is 2.25. The number of carbonyl (C=O) groups is 1. The molecule has 1 aliphatic rings. The number of anilines is 1. The highest BCUT2D eigenvalue weighted by atomic mass is 16.2. The number of para-hydroxylation sites is 1. The van der Waals surface area contributed by atoms with E-state index in [2.05, 4.69) is 10.4 Å². The summed E-state index contributed by atoms with van der Waals surface area (Å²) in [5, 5.41) is 7.31. The fraction of sp³-hybridized carbons (Fsp3) is 0.333. The number of amides is 1. The van der Waals surface area contributed by atoms with Gasteiger partial charge in [-0.1, -0.05) is 18.2 Å². The molecule has 104 valence electrons. The van der Waals surface area contributed by atoms with E-state index >= 15 is 0 Å². The molecule has 1 heterocycles. The summed E-state index contributed by atoms with van der Waals surface area (Å²) >= 11 is 0. The number of hydrogen-bond acceptors (Lipinski definition) is 3. The SMILES string of the molecule is NCc1ccccc1NC(=O)Cn1ccc(C2CC2)n1. The van der Waals surface area contributed by atoms with E-state index in [4.69, 9.17) is 5.73 Å². The molecule has 1 aromatic carbocycles. The summed E-state index contributed by atoms with van der Waals surface area (Å²) in [6.07, 6.45) is 4.29. The molecule has 1 aromatic heterocycles. The summed E-state index contributed by atoms with van der Waals surface area (Å²) in [6.45, 7) is 0.635. The molecule has 20 heavy (non-hydrogen) atoms. The number of nitrogens with one attached hydrogen (secondary N) is 1. The van der Waals surface area contributed by atoms with Crippen molar-refractivity contribution in [2.45, 2.75) is 31.8 Å². The average molecular weight is 270 g/mol. The summed E-state index contributed by atoms with van der Waals surface area (Å²) in [7, 11) is 0. The van der Waals surface area contributed by atoms with Gasteiger partial charge in [0.15, 0.2) is 0 Å². The van der Waals surface area contributed by atoms with E-state index in [0.29, 0.717) is 12.5 Å². The second-order valence-electron chi connectivity index (χ2n) is 5.12. The van der Waals surface area contributed by atoms with Crippen LogP contribution in [0, 0.1) is 0 Å². The molecular formula is C15H18N4O. The molecular weight excluding hydrogens is 252 g/mol. The fourth-order valence-electron chi connectivity index (χ4n) is 2.22. The van der Waals surface area contributed by atoms with Gasteiger partial charge < -0.3 is 11.1 Å². The lowest BCUT2D eigenvalue weighted by atomic mass is 10.2. The van der Waals surface area contributed by atoms with E-state index in [0.717, 1.165) is 16.9 Å². The standard InChI is InChI=1S/C15H18N4O/c16-9-12-3-1-2-4-13(12)17-15(20)10-19-8-7-14(18-19)11-5-6-11/h1-4,7-8,11H,5-6,9-10,16H2,(H,17,20). The van der Waals surface area contributed by atoms with Crippen LogP contribution in [0.3, 0.4) is 0 Å². The van der Waals surface area contributed by atoms with Crippen LogP contribution in [0.2, 0.25) is 0 Å². The van der Waals surface area contributed by atoms with E-state index in [1.54, 1.807) is 4.68 Å². The summed E-state index contributed by atoms with van der Waals surface area (Å²) in [4.78, 5) is 12.0. The van der Waals surface area contributed by atoms with Gasteiger partial charge in [0.25, 0.3) is 0 Å². The number of benzene rings is 1. The Kier molecular flexibility index (Phi) is 3.52. The first kappa shape index (κ1) is 12.9. The lowest BCUT2D eigenvalue weighted by Crippen LogP contribution is -2.20. The zero-order chi connectivity index (χ0) is 13.9. The van der Waals surface area contributed by atoms with Gasteiger partial charge in [-0.25, -0.2) is 0 Å². The van der Waals surface area contributed by atoms with Gasteiger partial charge >= 0.3 is 0 Å². The molecule has 0 spiro atoms. The smallest absolute Gasteiger partial charge is 0.246 e. The van der Waals surface area contributed by atoms with Crippen LogP contribution in [0.5, 0.6) is 0 Å². The number of hydrogen-bond donors (Lipinski definition) is 2. The van der Waals surface area contributed by atoms with Crippen molar-refractivity contribution in [3.63, 3.8) is 0 Å². The number of aromatic nitrogens is 2. The normalized spacial score (nSPS) is 14.2. The molecule has 0 atom stereocenters. The highest BCUT2D eigenvalue weighted by Crippen LogP contribution is 2.38. The Bertz CT molecular complexity index is 616. The van der Waals surface area contributed by atoms with Gasteiger partial charge in [-0.15, -0.1) is 0 Å². The first-order valence-electron chi connectivity index (χ1n) is 6.87. The van der Waals surface area contributed by atoms with Gasteiger partial charge in [0.1, 0.15) is 6.54 Å². The Morgan fingerprint density at radius 2 is 2.15 bits per heavy atom. The lowest BCUT2D eigenvalue weighted by Gasteiger charge is -2.09. The molecule has 0 radical (unpaired) electrons. The van der Waals surface area contributed by atoms with Crippen LogP contribution in [-0.4, -0.2) is 15.7 Å². The molecule has 1 aliphatic carbocycles. The monoisotopic (exact) mass is 270 g/mol. The largest absolute Gasteiger partial charge is 0.326 e. The predicted octanol–water partition coefficient (Wildman–Crippen LogP) is 1.86. The summed E-state index contributed by atoms with van der Waals surface area (Å²) < 4.78 is 1.69. The molecule has 3 N–H and O–H groups in total. The van der Waals surface area contributed by atoms with Gasteiger partial charge in [0.05, 0.1) is 5.69 Å². The Morgan fingerprint density at radius 1 is 1.35 bits per heavy atom. The average Bonchev–Trinajstić information content (AvgIpc) is 3.20. The molecule has 0 saturated heterocycles. The second kappa shape index (κ2) is 5.46. The van der Waals surface area contributed by atoms with Crippen LogP contribution in [0.25, 0.3) is 0 Å². The Balaban J connectivity index is 1.63. The Labute approximate surface area is 117 Å². The predicted molar refractivity (Wildman–Crippen MR) is 77.2 cm³/mol. The van der Waals surface area contributed by atoms with Crippen molar-refractivity contribution in [3.8, 4) is 0 Å². The van der Waals surface area contributed by atoms with E-state index < -0.39 is 0 Å². The van der Waals surface area contributed by atoms with Gasteiger partial charge in [-0.3, -0.25) is 9.48 Å². The third-order valence-corrected chi connectivity index (χ3v) is 3.47. The Morgan fingerprint density at radius 3 is 2.90 bits per heavy atom. The minimum Gasteiger partial charge on any atom is -0.326 e. The van der Waals surface area contributed by atoms with E-state index in [9.17, 15) is 4.79 Å². The van der Waals surface area contributed by atoms with Crippen LogP contribution in [-0.2, 0) is 17.9 Å². The van der Waals surface area contributed by atoms with Crippen molar-refractivity contribution in [1.29, 1.82) is 0 Å². The lowest BCUT2D eigenvalue weighted by molar-refractivity contribution is -0.116. The number of rotatable bonds is 5. The first-order valence-corrected chi connectivity index (χ1v) is 6.87. The summed E-state index contributed by atoms with van der Waals surface area (Å²) in [5.74, 6) is 0.522. The van der Waals surface area contributed by atoms with Gasteiger partial charge in [0.2, 0.25) is 5.91 Å². The van der Waals surface area contributed by atoms with Crippen molar-refractivity contribution in [2.24, 2.45) is 5.73 Å². The third-order valence-electron chi connectivity index (χ3n) is 3.47. The zero-order valence-corrected chi connectivity index (χ0v) is 11.2. The van der Waals surface area contributed by atoms with Crippen LogP contribution < -0.4 is 11.1 Å². The molecule has 1 saturated carbocycles. The number of nitrogens with two attached hydrogens (primary N) is 1. The highest BCUT2D eigenvalue weighted by molar-refractivity contribution is 5.91. The van der Waals surface area contributed by atoms with Crippen molar-refractivity contribution >= 4 is 11.6 Å². The maximum absolute atomic E-state index is 12.0. The summed E-state index contributed by atoms with van der Waals surface area (Å²) in [6, 6.07) is 9.56. The molecule has 5 heteroatoms. The minimum absolute atomic E-state index is 0.0867. The molecule has 1 amide bonds. The molecule has 5 nitrogen and oxygen atoms in total. The number of carbonyl (C=O) groups excluding carboxylic acids is 1. The van der Waals surface area contributed by atoms with Crippen LogP contribution in [0.15, 0.2) is 36.5 Å². The van der Waals surface area contributed by atoms with Crippen molar-refractivity contribution in [3.05, 3.63) is 47.8 Å². The van der Waals surface area contributed by atoms with Crippen molar-refractivity contribution < 1.29 is 4.79 Å². The van der Waals surface area contributed by atoms with Gasteiger partial charge in [-0.05, 0) is 30.5 Å². The number of nitrogens with zero attached hydrogens (tertiary/aromatic N) is 2. The quantitative estimate of drug-likeness (QED) is 0.871. The van der Waals surface area contributed by atoms with Crippen molar-refractivity contribution in [2.75, 3.05) is 5.32 Å². The van der Waals surface area contributed by atoms with Crippen LogP contribution in [0.1, 0.15) is 30.0 Å². The van der Waals surface area contributed by atoms with E-state index in [1.807, 2.05) is 36.5 Å². The first-order chi connectivity index (χ1) is 9.76. The molecule has 0 aliphatic heterocycles. The Hall–Kier alpha value is -2.14. The molecule has 3 rings (SSSR count). The van der Waals surface area contributed by atoms with Crippen LogP contribution in [0.4, 0.5) is 5.69 Å². The topological polar surface area (TPSA) is 72.9 Å². The second-order valence-corrected chi connectivity index (χ2v) is 5.12. The van der Waals surface area contributed by atoms with Crippen molar-refractivity contribution in [1.82, 2.24) is 9.78 Å². The summed E-state index contributed by atoms with van der Waals surface area (Å²) in [5.41, 5.74) is 8.45. The van der Waals surface area contributed by atoms with Crippen LogP contribution >= 0.6 is 0 Å². The maximum Gasteiger partial charge on any atom is 0.246 e. The molecule has 2 aromatic rings.